The fraction of sp³-hybridized carbons (Fsp3) is 0.400. The van der Waals surface area contributed by atoms with Crippen molar-refractivity contribution in [2.45, 2.75) is 30.1 Å². The second-order valence-electron chi connectivity index (χ2n) is 5.68. The molecule has 0 spiro atoms. The van der Waals surface area contributed by atoms with E-state index in [0.29, 0.717) is 13.2 Å². The number of nitrogens with one attached hydrogen (secondary N) is 1. The third kappa shape index (κ3) is 4.67. The molecule has 1 aromatic heterocycles. The van der Waals surface area contributed by atoms with Crippen LogP contribution in [0.15, 0.2) is 41.6 Å². The van der Waals surface area contributed by atoms with E-state index in [1.165, 1.54) is 6.20 Å². The number of anilines is 1. The van der Waals surface area contributed by atoms with Gasteiger partial charge in [0.15, 0.2) is 0 Å². The monoisotopic (exact) mass is 391 g/mol. The van der Waals surface area contributed by atoms with Gasteiger partial charge in [-0.25, -0.2) is 8.42 Å². The summed E-state index contributed by atoms with van der Waals surface area (Å²) in [6, 6.07) is 4.08. The molecule has 1 aliphatic heterocycles. The van der Waals surface area contributed by atoms with Gasteiger partial charge in [0.25, 0.3) is 10.0 Å². The molecule has 1 N–H and O–H groups in total. The van der Waals surface area contributed by atoms with Gasteiger partial charge in [-0.05, 0) is 37.1 Å². The number of sulfonamides is 1. The maximum absolute atomic E-state index is 12.4. The summed E-state index contributed by atoms with van der Waals surface area (Å²) in [4.78, 5) is -0.189. The van der Waals surface area contributed by atoms with Gasteiger partial charge in [-0.2, -0.15) is 5.10 Å². The zero-order valence-electron chi connectivity index (χ0n) is 13.4. The fourth-order valence-electron chi connectivity index (χ4n) is 2.57. The SMILES string of the molecule is O=S(=O)(Nc1cnn(C2CCOCC2)c1)c1ccc(OC(F)(F)F)cc1. The van der Waals surface area contributed by atoms with Gasteiger partial charge >= 0.3 is 6.36 Å². The molecule has 0 bridgehead atoms. The molecule has 11 heteroatoms. The molecule has 1 fully saturated rings. The highest BCUT2D eigenvalue weighted by atomic mass is 32.2. The van der Waals surface area contributed by atoms with Crippen molar-refractivity contribution in [1.82, 2.24) is 9.78 Å². The molecule has 2 heterocycles. The van der Waals surface area contributed by atoms with Gasteiger partial charge < -0.3 is 9.47 Å². The van der Waals surface area contributed by atoms with Gasteiger partial charge in [0.2, 0.25) is 0 Å². The summed E-state index contributed by atoms with van der Waals surface area (Å²) in [6.07, 6.45) is -0.302. The average molecular weight is 391 g/mol. The lowest BCUT2D eigenvalue weighted by atomic mass is 10.1. The number of rotatable bonds is 5. The third-order valence-electron chi connectivity index (χ3n) is 3.79. The van der Waals surface area contributed by atoms with E-state index in [2.05, 4.69) is 14.6 Å². The lowest BCUT2D eigenvalue weighted by molar-refractivity contribution is -0.274. The molecule has 2 aromatic rings. The first-order valence-corrected chi connectivity index (χ1v) is 9.22. The molecule has 1 saturated heterocycles. The summed E-state index contributed by atoms with van der Waals surface area (Å²) in [5, 5.41) is 4.16. The molecular weight excluding hydrogens is 375 g/mol. The first-order valence-electron chi connectivity index (χ1n) is 7.73. The molecule has 0 unspecified atom stereocenters. The van der Waals surface area contributed by atoms with Crippen LogP contribution in [0.3, 0.4) is 0 Å². The summed E-state index contributed by atoms with van der Waals surface area (Å²) in [5.74, 6) is -0.496. The highest BCUT2D eigenvalue weighted by Crippen LogP contribution is 2.25. The Labute approximate surface area is 147 Å². The van der Waals surface area contributed by atoms with E-state index in [1.807, 2.05) is 0 Å². The van der Waals surface area contributed by atoms with Crippen molar-refractivity contribution in [2.24, 2.45) is 0 Å². The number of halogens is 3. The van der Waals surface area contributed by atoms with Gasteiger partial charge in [0.05, 0.1) is 22.8 Å². The molecule has 142 valence electrons. The van der Waals surface area contributed by atoms with Crippen LogP contribution in [-0.2, 0) is 14.8 Å². The van der Waals surface area contributed by atoms with Crippen LogP contribution in [0.25, 0.3) is 0 Å². The molecule has 0 amide bonds. The van der Waals surface area contributed by atoms with Gasteiger partial charge in [-0.1, -0.05) is 0 Å². The maximum Gasteiger partial charge on any atom is 0.573 e. The number of hydrogen-bond acceptors (Lipinski definition) is 5. The predicted molar refractivity (Wildman–Crippen MR) is 85.3 cm³/mol. The molecule has 0 aliphatic carbocycles. The standard InChI is InChI=1S/C15H16F3N3O4S/c16-15(17,18)25-13-1-3-14(4-2-13)26(22,23)20-11-9-19-21(10-11)12-5-7-24-8-6-12/h1-4,9-10,12,20H,5-8H2. The molecular formula is C15H16F3N3O4S. The maximum atomic E-state index is 12.4. The number of hydrogen-bond donors (Lipinski definition) is 1. The van der Waals surface area contributed by atoms with E-state index >= 15 is 0 Å². The first-order chi connectivity index (χ1) is 12.2. The minimum atomic E-state index is -4.84. The number of aromatic nitrogens is 2. The zero-order valence-corrected chi connectivity index (χ0v) is 14.3. The summed E-state index contributed by atoms with van der Waals surface area (Å²) in [6.45, 7) is 1.25. The largest absolute Gasteiger partial charge is 0.573 e. The minimum Gasteiger partial charge on any atom is -0.406 e. The summed E-state index contributed by atoms with van der Waals surface area (Å²) in [5.41, 5.74) is 0.270. The van der Waals surface area contributed by atoms with E-state index in [4.69, 9.17) is 4.74 Å². The molecule has 1 aromatic carbocycles. The highest BCUT2D eigenvalue weighted by molar-refractivity contribution is 7.92. The summed E-state index contributed by atoms with van der Waals surface area (Å²) < 4.78 is 74.2. The Bertz CT molecular complexity index is 844. The second-order valence-corrected chi connectivity index (χ2v) is 7.36. The normalized spacial score (nSPS) is 16.4. The van der Waals surface area contributed by atoms with Crippen LogP contribution in [-0.4, -0.2) is 37.8 Å². The highest BCUT2D eigenvalue weighted by Gasteiger charge is 2.31. The van der Waals surface area contributed by atoms with Crippen LogP contribution in [0.2, 0.25) is 0 Å². The zero-order chi connectivity index (χ0) is 18.8. The van der Waals surface area contributed by atoms with E-state index in [-0.39, 0.29) is 16.6 Å². The van der Waals surface area contributed by atoms with E-state index < -0.39 is 22.1 Å². The molecule has 1 aliphatic rings. The second kappa shape index (κ2) is 7.16. The fourth-order valence-corrected chi connectivity index (χ4v) is 3.60. The third-order valence-corrected chi connectivity index (χ3v) is 5.18. The Morgan fingerprint density at radius 1 is 1.19 bits per heavy atom. The van der Waals surface area contributed by atoms with Gasteiger partial charge in [0.1, 0.15) is 5.75 Å². The van der Waals surface area contributed by atoms with E-state index in [0.717, 1.165) is 37.1 Å². The first kappa shape index (κ1) is 18.5. The molecule has 0 saturated carbocycles. The van der Waals surface area contributed by atoms with Crippen molar-refractivity contribution < 1.29 is 31.1 Å². The predicted octanol–water partition coefficient (Wildman–Crippen LogP) is 2.93. The summed E-state index contributed by atoms with van der Waals surface area (Å²) in [7, 11) is -3.96. The van der Waals surface area contributed by atoms with Crippen LogP contribution in [0.4, 0.5) is 18.9 Å². The molecule has 0 atom stereocenters. The topological polar surface area (TPSA) is 82.5 Å². The molecule has 0 radical (unpaired) electrons. The molecule has 26 heavy (non-hydrogen) atoms. The lowest BCUT2D eigenvalue weighted by Crippen LogP contribution is -2.19. The number of nitrogens with zero attached hydrogens (tertiary/aromatic N) is 2. The van der Waals surface area contributed by atoms with Crippen molar-refractivity contribution in [3.8, 4) is 5.75 Å². The smallest absolute Gasteiger partial charge is 0.406 e. The molecule has 7 nitrogen and oxygen atoms in total. The van der Waals surface area contributed by atoms with Crippen molar-refractivity contribution in [1.29, 1.82) is 0 Å². The van der Waals surface area contributed by atoms with Crippen molar-refractivity contribution in [3.05, 3.63) is 36.7 Å². The average Bonchev–Trinajstić information content (AvgIpc) is 3.02. The van der Waals surface area contributed by atoms with E-state index in [9.17, 15) is 21.6 Å². The number of ether oxygens (including phenoxy) is 2. The number of benzene rings is 1. The van der Waals surface area contributed by atoms with Crippen molar-refractivity contribution in [2.75, 3.05) is 17.9 Å². The van der Waals surface area contributed by atoms with Crippen LogP contribution in [0, 0.1) is 0 Å². The van der Waals surface area contributed by atoms with Crippen LogP contribution in [0.1, 0.15) is 18.9 Å². The Balaban J connectivity index is 1.69. The lowest BCUT2D eigenvalue weighted by Gasteiger charge is -2.22. The van der Waals surface area contributed by atoms with Gasteiger partial charge in [-0.15, -0.1) is 13.2 Å². The Morgan fingerprint density at radius 2 is 1.85 bits per heavy atom. The summed E-state index contributed by atoms with van der Waals surface area (Å²) >= 11 is 0. The Kier molecular flexibility index (Phi) is 5.10. The van der Waals surface area contributed by atoms with Crippen molar-refractivity contribution in [3.63, 3.8) is 0 Å². The van der Waals surface area contributed by atoms with Gasteiger partial charge in [0, 0.05) is 19.4 Å². The van der Waals surface area contributed by atoms with Crippen LogP contribution >= 0.6 is 0 Å². The van der Waals surface area contributed by atoms with Crippen molar-refractivity contribution >= 4 is 15.7 Å². The van der Waals surface area contributed by atoms with Crippen LogP contribution < -0.4 is 9.46 Å². The Morgan fingerprint density at radius 3 is 2.46 bits per heavy atom. The van der Waals surface area contributed by atoms with E-state index in [1.54, 1.807) is 10.9 Å². The quantitative estimate of drug-likeness (QED) is 0.848. The minimum absolute atomic E-state index is 0.140. The van der Waals surface area contributed by atoms with Crippen LogP contribution in [0.5, 0.6) is 5.75 Å². The molecule has 3 rings (SSSR count). The Hall–Kier alpha value is -2.27. The number of alkyl halides is 3. The van der Waals surface area contributed by atoms with Gasteiger partial charge in [-0.3, -0.25) is 9.40 Å².